The Bertz CT molecular complexity index is 1370. The lowest BCUT2D eigenvalue weighted by Gasteiger charge is -2.15. The molecule has 0 saturated carbocycles. The van der Waals surface area contributed by atoms with E-state index in [9.17, 15) is 20.2 Å². The Morgan fingerprint density at radius 1 is 1.19 bits per heavy atom. The molecule has 0 fully saturated rings. The summed E-state index contributed by atoms with van der Waals surface area (Å²) >= 11 is 8.21. The lowest BCUT2D eigenvalue weighted by Crippen LogP contribution is -2.13. The van der Waals surface area contributed by atoms with E-state index in [-0.39, 0.29) is 17.9 Å². The van der Waals surface area contributed by atoms with Gasteiger partial charge in [-0.1, -0.05) is 17.7 Å². The molecule has 0 aromatic heterocycles. The highest BCUT2D eigenvalue weighted by atomic mass is 127. The van der Waals surface area contributed by atoms with Crippen LogP contribution in [0.1, 0.15) is 23.6 Å². The maximum Gasteiger partial charge on any atom is 0.269 e. The van der Waals surface area contributed by atoms with Crippen molar-refractivity contribution >= 4 is 57.5 Å². The van der Waals surface area contributed by atoms with Crippen LogP contribution in [0.4, 0.5) is 11.4 Å². The topological polar surface area (TPSA) is 114 Å². The zero-order valence-corrected chi connectivity index (χ0v) is 22.3. The summed E-state index contributed by atoms with van der Waals surface area (Å²) in [6, 6.07) is 16.6. The molecule has 3 aromatic rings. The number of hydrogen-bond acceptors (Lipinski definition) is 6. The molecule has 8 nitrogen and oxygen atoms in total. The molecule has 1 amide bonds. The van der Waals surface area contributed by atoms with Gasteiger partial charge in [-0.15, -0.1) is 0 Å². The van der Waals surface area contributed by atoms with Crippen molar-refractivity contribution in [3.63, 3.8) is 0 Å². The molecule has 0 aliphatic rings. The van der Waals surface area contributed by atoms with Crippen LogP contribution in [0.15, 0.2) is 60.2 Å². The third-order valence-electron chi connectivity index (χ3n) is 4.97. The number of benzene rings is 3. The van der Waals surface area contributed by atoms with E-state index in [4.69, 9.17) is 21.1 Å². The molecule has 36 heavy (non-hydrogen) atoms. The van der Waals surface area contributed by atoms with E-state index in [0.717, 1.165) is 11.1 Å². The smallest absolute Gasteiger partial charge is 0.269 e. The average Bonchev–Trinajstić information content (AvgIpc) is 2.84. The number of aryl methyl sites for hydroxylation is 1. The number of non-ortho nitro benzene ring substituents is 1. The van der Waals surface area contributed by atoms with Crippen LogP contribution in [0.5, 0.6) is 11.5 Å². The summed E-state index contributed by atoms with van der Waals surface area (Å²) in [5.41, 5.74) is 2.60. The Kier molecular flexibility index (Phi) is 9.27. The molecule has 0 aliphatic heterocycles. The highest BCUT2D eigenvalue weighted by molar-refractivity contribution is 14.1. The summed E-state index contributed by atoms with van der Waals surface area (Å²) in [6.07, 6.45) is 1.47. The predicted molar refractivity (Wildman–Crippen MR) is 146 cm³/mol. The van der Waals surface area contributed by atoms with Gasteiger partial charge in [0.05, 0.1) is 15.1 Å². The number of nitrogens with zero attached hydrogens (tertiary/aromatic N) is 2. The molecule has 0 spiro atoms. The molecule has 1 N–H and O–H groups in total. The lowest BCUT2D eigenvalue weighted by molar-refractivity contribution is -0.384. The first kappa shape index (κ1) is 27.0. The van der Waals surface area contributed by atoms with Gasteiger partial charge in [-0.05, 0) is 95.6 Å². The summed E-state index contributed by atoms with van der Waals surface area (Å²) in [5.74, 6) is 0.370. The Balaban J connectivity index is 1.82. The van der Waals surface area contributed by atoms with Crippen molar-refractivity contribution in [2.75, 3.05) is 11.9 Å². The number of ether oxygens (including phenoxy) is 2. The van der Waals surface area contributed by atoms with Gasteiger partial charge in [-0.25, -0.2) is 0 Å². The fraction of sp³-hybridized carbons (Fsp3) is 0.154. The largest absolute Gasteiger partial charge is 0.490 e. The van der Waals surface area contributed by atoms with Gasteiger partial charge in [0.1, 0.15) is 18.2 Å². The van der Waals surface area contributed by atoms with Gasteiger partial charge in [0.2, 0.25) is 0 Å². The number of anilines is 1. The maximum absolute atomic E-state index is 12.7. The number of nitro benzene ring substituents is 1. The third kappa shape index (κ3) is 6.96. The quantitative estimate of drug-likeness (QED) is 0.0941. The van der Waals surface area contributed by atoms with Crippen molar-refractivity contribution in [3.05, 3.63) is 95.6 Å². The Hall–Kier alpha value is -3.62. The Morgan fingerprint density at radius 2 is 1.92 bits per heavy atom. The first-order valence-electron chi connectivity index (χ1n) is 10.7. The van der Waals surface area contributed by atoms with Gasteiger partial charge in [0.15, 0.2) is 11.5 Å². The Labute approximate surface area is 226 Å². The number of nitrogens with one attached hydrogen (secondary N) is 1. The van der Waals surface area contributed by atoms with Crippen LogP contribution in [0, 0.1) is 31.9 Å². The molecule has 0 radical (unpaired) electrons. The van der Waals surface area contributed by atoms with E-state index < -0.39 is 10.8 Å². The van der Waals surface area contributed by atoms with Crippen molar-refractivity contribution < 1.29 is 19.2 Å². The van der Waals surface area contributed by atoms with Crippen molar-refractivity contribution in [1.82, 2.24) is 0 Å². The van der Waals surface area contributed by atoms with E-state index in [1.165, 1.54) is 18.2 Å². The average molecular weight is 618 g/mol. The first-order valence-corrected chi connectivity index (χ1v) is 12.2. The van der Waals surface area contributed by atoms with Gasteiger partial charge in [-0.3, -0.25) is 14.9 Å². The van der Waals surface area contributed by atoms with Crippen LogP contribution in [0.3, 0.4) is 0 Å². The molecule has 0 atom stereocenters. The summed E-state index contributed by atoms with van der Waals surface area (Å²) < 4.78 is 12.4. The molecule has 0 heterocycles. The van der Waals surface area contributed by atoms with Gasteiger partial charge < -0.3 is 14.8 Å². The molecule has 184 valence electrons. The van der Waals surface area contributed by atoms with Crippen molar-refractivity contribution in [3.8, 4) is 17.6 Å². The predicted octanol–water partition coefficient (Wildman–Crippen LogP) is 6.68. The molecule has 0 saturated heterocycles. The third-order valence-corrected chi connectivity index (χ3v) is 6.18. The van der Waals surface area contributed by atoms with Crippen molar-refractivity contribution in [1.29, 1.82) is 5.26 Å². The number of hydrogen-bond donors (Lipinski definition) is 1. The zero-order chi connectivity index (χ0) is 26.2. The van der Waals surface area contributed by atoms with E-state index in [2.05, 4.69) is 27.9 Å². The molecule has 0 bridgehead atoms. The van der Waals surface area contributed by atoms with Crippen LogP contribution >= 0.6 is 34.2 Å². The second kappa shape index (κ2) is 12.4. The monoisotopic (exact) mass is 617 g/mol. The minimum absolute atomic E-state index is 0.00212. The summed E-state index contributed by atoms with van der Waals surface area (Å²) in [6.45, 7) is 4.23. The molecule has 3 rings (SSSR count). The van der Waals surface area contributed by atoms with E-state index in [1.807, 2.05) is 19.9 Å². The maximum atomic E-state index is 12.7. The standard InChI is InChI=1S/C26H21ClIN3O5/c1-3-35-24-12-18(10-19(14-29)26(32)30-20-7-4-16(2)22(27)13-20)11-23(28)25(24)36-15-17-5-8-21(9-6-17)31(33)34/h4-13H,3,15H2,1-2H3,(H,30,32)/b19-10-. The van der Waals surface area contributed by atoms with Crippen LogP contribution in [0.25, 0.3) is 6.08 Å². The normalized spacial score (nSPS) is 10.9. The number of carbonyl (C=O) groups excluding carboxylic acids is 1. The molecule has 3 aromatic carbocycles. The van der Waals surface area contributed by atoms with Crippen LogP contribution in [-0.2, 0) is 11.4 Å². The molecular weight excluding hydrogens is 597 g/mol. The minimum atomic E-state index is -0.566. The highest BCUT2D eigenvalue weighted by Gasteiger charge is 2.15. The van der Waals surface area contributed by atoms with E-state index in [1.54, 1.807) is 42.5 Å². The fourth-order valence-corrected chi connectivity index (χ4v) is 4.09. The summed E-state index contributed by atoms with van der Waals surface area (Å²) in [4.78, 5) is 23.1. The lowest BCUT2D eigenvalue weighted by atomic mass is 10.1. The molecule has 10 heteroatoms. The number of halogens is 2. The van der Waals surface area contributed by atoms with Gasteiger partial charge >= 0.3 is 0 Å². The first-order chi connectivity index (χ1) is 17.2. The molecule has 0 unspecified atom stereocenters. The second-order valence-electron chi connectivity index (χ2n) is 7.56. The van der Waals surface area contributed by atoms with E-state index >= 15 is 0 Å². The van der Waals surface area contributed by atoms with Crippen molar-refractivity contribution in [2.24, 2.45) is 0 Å². The SMILES string of the molecule is CCOc1cc(/C=C(/C#N)C(=O)Nc2ccc(C)c(Cl)c2)cc(I)c1OCc1ccc([N+](=O)[O-])cc1. The summed E-state index contributed by atoms with van der Waals surface area (Å²) in [7, 11) is 0. The highest BCUT2D eigenvalue weighted by Crippen LogP contribution is 2.35. The van der Waals surface area contributed by atoms with E-state index in [0.29, 0.717) is 37.9 Å². The summed E-state index contributed by atoms with van der Waals surface area (Å²) in [5, 5.41) is 23.6. The number of carbonyl (C=O) groups is 1. The Morgan fingerprint density at radius 3 is 2.53 bits per heavy atom. The fourth-order valence-electron chi connectivity index (χ4n) is 3.13. The molecule has 0 aliphatic carbocycles. The number of nitriles is 1. The van der Waals surface area contributed by atoms with Crippen LogP contribution < -0.4 is 14.8 Å². The van der Waals surface area contributed by atoms with Gasteiger partial charge in [0.25, 0.3) is 11.6 Å². The number of nitro groups is 1. The van der Waals surface area contributed by atoms with Crippen molar-refractivity contribution in [2.45, 2.75) is 20.5 Å². The zero-order valence-electron chi connectivity index (χ0n) is 19.4. The molecular formula is C26H21ClIN3O5. The van der Waals surface area contributed by atoms with Crippen LogP contribution in [0.2, 0.25) is 5.02 Å². The number of rotatable bonds is 9. The second-order valence-corrected chi connectivity index (χ2v) is 9.13. The van der Waals surface area contributed by atoms with Crippen LogP contribution in [-0.4, -0.2) is 17.4 Å². The van der Waals surface area contributed by atoms with Gasteiger partial charge in [0, 0.05) is 22.8 Å². The van der Waals surface area contributed by atoms with Gasteiger partial charge in [-0.2, -0.15) is 5.26 Å². The minimum Gasteiger partial charge on any atom is -0.490 e. The number of amides is 1.